The molecule has 0 aliphatic carbocycles. The minimum Gasteiger partial charge on any atom is -0.258 e. The maximum absolute atomic E-state index is 10.9. The van der Waals surface area contributed by atoms with Crippen molar-refractivity contribution in [2.24, 2.45) is 0 Å². The van der Waals surface area contributed by atoms with E-state index in [2.05, 4.69) is 13.8 Å². The molecule has 0 aliphatic rings. The van der Waals surface area contributed by atoms with Gasteiger partial charge in [0, 0.05) is 11.1 Å². The van der Waals surface area contributed by atoms with Gasteiger partial charge in [-0.15, -0.1) is 0 Å². The van der Waals surface area contributed by atoms with Gasteiger partial charge in [-0.25, -0.2) is 0 Å². The Kier molecular flexibility index (Phi) is 3.12. The van der Waals surface area contributed by atoms with E-state index in [9.17, 15) is 10.1 Å². The molecule has 0 N–H and O–H groups in total. The second-order valence-electron chi connectivity index (χ2n) is 4.31. The van der Waals surface area contributed by atoms with E-state index >= 15 is 0 Å². The first kappa shape index (κ1) is 11.7. The Balaban J connectivity index is 3.56. The van der Waals surface area contributed by atoms with Gasteiger partial charge in [-0.2, -0.15) is 0 Å². The minimum absolute atomic E-state index is 0.268. The van der Waals surface area contributed by atoms with Crippen molar-refractivity contribution in [2.75, 3.05) is 0 Å². The molecule has 0 heterocycles. The fourth-order valence-electron chi connectivity index (χ4n) is 2.36. The zero-order chi connectivity index (χ0) is 11.7. The summed E-state index contributed by atoms with van der Waals surface area (Å²) in [6, 6.07) is 1.90. The SMILES string of the molecule is Cc1cc(C)c([N+](=O)[O-])c(C)c1C(C)C. The van der Waals surface area contributed by atoms with Crippen LogP contribution in [0, 0.1) is 30.9 Å². The lowest BCUT2D eigenvalue weighted by atomic mass is 9.90. The highest BCUT2D eigenvalue weighted by atomic mass is 16.6. The summed E-state index contributed by atoms with van der Waals surface area (Å²) in [5.41, 5.74) is 4.08. The van der Waals surface area contributed by atoms with Crippen LogP contribution >= 0.6 is 0 Å². The smallest absolute Gasteiger partial charge is 0.258 e. The van der Waals surface area contributed by atoms with Crippen LogP contribution in [0.2, 0.25) is 0 Å². The molecule has 1 rings (SSSR count). The second kappa shape index (κ2) is 4.01. The Morgan fingerprint density at radius 2 is 1.73 bits per heavy atom. The minimum atomic E-state index is -0.282. The van der Waals surface area contributed by atoms with Crippen LogP contribution in [0.4, 0.5) is 5.69 Å². The number of aryl methyl sites for hydroxylation is 2. The summed E-state index contributed by atoms with van der Waals surface area (Å²) in [4.78, 5) is 10.7. The van der Waals surface area contributed by atoms with Gasteiger partial charge in [0.1, 0.15) is 0 Å². The summed E-state index contributed by atoms with van der Waals surface area (Å²) in [5.74, 6) is 0.323. The normalized spacial score (nSPS) is 10.8. The van der Waals surface area contributed by atoms with Gasteiger partial charge in [0.25, 0.3) is 5.69 Å². The molecule has 0 aliphatic heterocycles. The predicted octanol–water partition coefficient (Wildman–Crippen LogP) is 3.64. The molecule has 1 aromatic carbocycles. The average molecular weight is 207 g/mol. The molecule has 15 heavy (non-hydrogen) atoms. The van der Waals surface area contributed by atoms with Gasteiger partial charge >= 0.3 is 0 Å². The molecule has 0 saturated heterocycles. The predicted molar refractivity (Wildman–Crippen MR) is 61.4 cm³/mol. The molecule has 0 aromatic heterocycles. The molecular weight excluding hydrogens is 190 g/mol. The van der Waals surface area contributed by atoms with Crippen molar-refractivity contribution in [1.29, 1.82) is 0 Å². The summed E-state index contributed by atoms with van der Waals surface area (Å²) in [7, 11) is 0. The summed E-state index contributed by atoms with van der Waals surface area (Å²) < 4.78 is 0. The van der Waals surface area contributed by atoms with E-state index in [1.165, 1.54) is 0 Å². The van der Waals surface area contributed by atoms with Gasteiger partial charge in [-0.3, -0.25) is 10.1 Å². The quantitative estimate of drug-likeness (QED) is 0.548. The van der Waals surface area contributed by atoms with Crippen LogP contribution < -0.4 is 0 Å². The average Bonchev–Trinajstić information content (AvgIpc) is 1.99. The Hall–Kier alpha value is -1.38. The number of rotatable bonds is 2. The fourth-order valence-corrected chi connectivity index (χ4v) is 2.36. The van der Waals surface area contributed by atoms with Crippen LogP contribution in [-0.4, -0.2) is 4.92 Å². The molecular formula is C12H17NO2. The molecule has 0 amide bonds. The Morgan fingerprint density at radius 3 is 2.13 bits per heavy atom. The number of benzene rings is 1. The zero-order valence-corrected chi connectivity index (χ0v) is 9.92. The molecule has 3 nitrogen and oxygen atoms in total. The lowest BCUT2D eigenvalue weighted by Crippen LogP contribution is -2.03. The second-order valence-corrected chi connectivity index (χ2v) is 4.31. The maximum atomic E-state index is 10.9. The van der Waals surface area contributed by atoms with Crippen LogP contribution in [0.25, 0.3) is 0 Å². The molecule has 3 heteroatoms. The first-order valence-corrected chi connectivity index (χ1v) is 5.11. The van der Waals surface area contributed by atoms with Crippen LogP contribution in [0.15, 0.2) is 6.07 Å². The van der Waals surface area contributed by atoms with Crippen LogP contribution in [0.3, 0.4) is 0 Å². The zero-order valence-electron chi connectivity index (χ0n) is 9.92. The Bertz CT molecular complexity index is 409. The maximum Gasteiger partial charge on any atom is 0.275 e. The highest BCUT2D eigenvalue weighted by molar-refractivity contribution is 5.54. The number of nitrogens with zero attached hydrogens (tertiary/aromatic N) is 1. The van der Waals surface area contributed by atoms with Gasteiger partial charge in [0.05, 0.1) is 4.92 Å². The van der Waals surface area contributed by atoms with Crippen molar-refractivity contribution in [3.63, 3.8) is 0 Å². The third-order valence-corrected chi connectivity index (χ3v) is 2.75. The standard InChI is InChI=1S/C12H17NO2/c1-7(2)11-8(3)6-9(4)12(10(11)5)13(14)15/h6-7H,1-5H3. The molecule has 0 saturated carbocycles. The summed E-state index contributed by atoms with van der Waals surface area (Å²) in [6.07, 6.45) is 0. The monoisotopic (exact) mass is 207 g/mol. The van der Waals surface area contributed by atoms with Gasteiger partial charge in [-0.1, -0.05) is 13.8 Å². The highest BCUT2D eigenvalue weighted by Gasteiger charge is 2.20. The van der Waals surface area contributed by atoms with Gasteiger partial charge in [0.15, 0.2) is 0 Å². The lowest BCUT2D eigenvalue weighted by molar-refractivity contribution is -0.386. The van der Waals surface area contributed by atoms with Gasteiger partial charge in [0.2, 0.25) is 0 Å². The van der Waals surface area contributed by atoms with Gasteiger partial charge in [-0.05, 0) is 43.9 Å². The van der Waals surface area contributed by atoms with E-state index in [-0.39, 0.29) is 10.6 Å². The van der Waals surface area contributed by atoms with E-state index in [4.69, 9.17) is 0 Å². The fraction of sp³-hybridized carbons (Fsp3) is 0.500. The highest BCUT2D eigenvalue weighted by Crippen LogP contribution is 2.32. The van der Waals surface area contributed by atoms with Crippen molar-refractivity contribution in [3.8, 4) is 0 Å². The summed E-state index contributed by atoms with van der Waals surface area (Å²) >= 11 is 0. The lowest BCUT2D eigenvalue weighted by Gasteiger charge is -2.15. The molecule has 0 spiro atoms. The first-order chi connectivity index (χ1) is 6.86. The summed E-state index contributed by atoms with van der Waals surface area (Å²) in [6.45, 7) is 9.78. The largest absolute Gasteiger partial charge is 0.275 e. The number of nitro benzene ring substituents is 1. The van der Waals surface area contributed by atoms with Gasteiger partial charge < -0.3 is 0 Å². The van der Waals surface area contributed by atoms with Crippen LogP contribution in [0.5, 0.6) is 0 Å². The molecule has 0 atom stereocenters. The van der Waals surface area contributed by atoms with E-state index in [0.717, 1.165) is 22.3 Å². The van der Waals surface area contributed by atoms with Crippen LogP contribution in [0.1, 0.15) is 42.0 Å². The van der Waals surface area contributed by atoms with Crippen molar-refractivity contribution in [3.05, 3.63) is 38.4 Å². The number of hydrogen-bond acceptors (Lipinski definition) is 2. The number of hydrogen-bond donors (Lipinski definition) is 0. The van der Waals surface area contributed by atoms with E-state index in [1.807, 2.05) is 19.9 Å². The molecule has 0 bridgehead atoms. The van der Waals surface area contributed by atoms with E-state index in [0.29, 0.717) is 5.92 Å². The summed E-state index contributed by atoms with van der Waals surface area (Å²) in [5, 5.41) is 10.9. The first-order valence-electron chi connectivity index (χ1n) is 5.11. The molecule has 0 fully saturated rings. The Labute approximate surface area is 90.3 Å². The Morgan fingerprint density at radius 1 is 1.20 bits per heavy atom. The molecule has 0 radical (unpaired) electrons. The molecule has 0 unspecified atom stereocenters. The van der Waals surface area contributed by atoms with Crippen molar-refractivity contribution >= 4 is 5.69 Å². The third kappa shape index (κ3) is 2.01. The van der Waals surface area contributed by atoms with Crippen molar-refractivity contribution < 1.29 is 4.92 Å². The van der Waals surface area contributed by atoms with Crippen molar-refractivity contribution in [1.82, 2.24) is 0 Å². The van der Waals surface area contributed by atoms with Crippen LogP contribution in [-0.2, 0) is 0 Å². The molecule has 1 aromatic rings. The molecule has 82 valence electrons. The van der Waals surface area contributed by atoms with E-state index in [1.54, 1.807) is 6.92 Å². The number of nitro groups is 1. The van der Waals surface area contributed by atoms with E-state index < -0.39 is 0 Å². The third-order valence-electron chi connectivity index (χ3n) is 2.75. The topological polar surface area (TPSA) is 43.1 Å². The van der Waals surface area contributed by atoms with Crippen molar-refractivity contribution in [2.45, 2.75) is 40.5 Å².